The zero-order valence-electron chi connectivity index (χ0n) is 22.3. The molecule has 0 spiro atoms. The highest BCUT2D eigenvalue weighted by Gasteiger charge is 2.49. The van der Waals surface area contributed by atoms with Crippen molar-refractivity contribution in [3.05, 3.63) is 80.3 Å². The number of halogens is 1. The number of aromatic hydroxyl groups is 1. The topological polar surface area (TPSA) is 135 Å². The number of hydrogen-bond acceptors (Lipinski definition) is 10. The first-order valence-electron chi connectivity index (χ1n) is 12.5. The molecule has 2 aliphatic rings. The third-order valence-electron chi connectivity index (χ3n) is 6.71. The number of thiazole rings is 1. The normalized spacial score (nSPS) is 19.2. The first-order chi connectivity index (χ1) is 19.5. The number of fused-ring (bicyclic) bond motifs is 1. The number of phenols is 1. The van der Waals surface area contributed by atoms with Gasteiger partial charge in [-0.05, 0) is 71.2 Å². The van der Waals surface area contributed by atoms with E-state index in [1.54, 1.807) is 25.1 Å². The number of nitrogens with zero attached hydrogens (tertiary/aromatic N) is 2. The van der Waals surface area contributed by atoms with Crippen molar-refractivity contribution in [1.29, 1.82) is 0 Å². The number of aliphatic hydroxyl groups excluding tert-OH is 1. The van der Waals surface area contributed by atoms with Crippen molar-refractivity contribution in [2.75, 3.05) is 18.6 Å². The van der Waals surface area contributed by atoms with E-state index >= 15 is 0 Å². The molecule has 1 amide bonds. The molecule has 2 aliphatic heterocycles. The number of phenolic OH excluding ortho intramolecular Hbond substituents is 1. The van der Waals surface area contributed by atoms with Crippen LogP contribution in [0.2, 0.25) is 0 Å². The second-order valence-electron chi connectivity index (χ2n) is 9.48. The van der Waals surface area contributed by atoms with Crippen LogP contribution in [0.3, 0.4) is 0 Å². The van der Waals surface area contributed by atoms with Gasteiger partial charge in [0.2, 0.25) is 0 Å². The van der Waals surface area contributed by atoms with Gasteiger partial charge >= 0.3 is 11.9 Å². The molecule has 0 bridgehead atoms. The monoisotopic (exact) mass is 640 g/mol. The van der Waals surface area contributed by atoms with Gasteiger partial charge in [-0.1, -0.05) is 24.0 Å². The first-order valence-corrected chi connectivity index (χ1v) is 14.1. The van der Waals surface area contributed by atoms with Crippen molar-refractivity contribution in [3.8, 4) is 17.2 Å². The summed E-state index contributed by atoms with van der Waals surface area (Å²) in [6.45, 7) is 7.04. The second kappa shape index (κ2) is 11.0. The van der Waals surface area contributed by atoms with Gasteiger partial charge in [-0.2, -0.15) is 0 Å². The number of amides is 1. The molecular formula is C29H25BrN2O8S. The van der Waals surface area contributed by atoms with Gasteiger partial charge < -0.3 is 24.4 Å². The number of carbonyl (C=O) groups is 3. The Morgan fingerprint density at radius 3 is 2.78 bits per heavy atom. The Morgan fingerprint density at radius 2 is 2.07 bits per heavy atom. The van der Waals surface area contributed by atoms with Crippen LogP contribution in [0.4, 0.5) is 5.13 Å². The number of aryl methyl sites for hydroxylation is 1. The maximum Gasteiger partial charge on any atom is 0.350 e. The van der Waals surface area contributed by atoms with E-state index in [-0.39, 0.29) is 50.0 Å². The molecule has 12 heteroatoms. The summed E-state index contributed by atoms with van der Waals surface area (Å²) < 4.78 is 16.5. The molecule has 1 saturated heterocycles. The van der Waals surface area contributed by atoms with Gasteiger partial charge in [-0.15, -0.1) is 0 Å². The molecule has 0 aliphatic carbocycles. The lowest BCUT2D eigenvalue weighted by molar-refractivity contribution is -0.132. The lowest BCUT2D eigenvalue weighted by Gasteiger charge is -2.24. The van der Waals surface area contributed by atoms with Gasteiger partial charge in [-0.25, -0.2) is 9.78 Å². The summed E-state index contributed by atoms with van der Waals surface area (Å²) in [5, 5.41) is 22.0. The number of benzene rings is 2. The minimum atomic E-state index is -1.17. The fourth-order valence-electron chi connectivity index (χ4n) is 4.85. The Morgan fingerprint density at radius 1 is 1.32 bits per heavy atom. The summed E-state index contributed by atoms with van der Waals surface area (Å²) in [6.07, 6.45) is 2.02. The number of carbonyl (C=O) groups excluding carboxylic acids is 3. The van der Waals surface area contributed by atoms with Gasteiger partial charge in [0.15, 0.2) is 16.6 Å². The standard InChI is InChI=1S/C29H25BrN2O8S/c1-5-8-39-28(37)26-14(3)31-29(41-26)32-22(17-11-18(30)24(34)20(12-17)38-4)21(25(35)27(32)36)23(33)15-6-7-19-16(10-15)9-13(2)40-19/h5-7,10-13,22,33-34H,1,8-9H2,2-4H3/t13-,22+/m1/s1. The van der Waals surface area contributed by atoms with Crippen LogP contribution in [0.25, 0.3) is 5.76 Å². The fraction of sp³-hybridized carbons (Fsp3) is 0.241. The van der Waals surface area contributed by atoms with Crippen molar-refractivity contribution in [1.82, 2.24) is 4.98 Å². The van der Waals surface area contributed by atoms with Crippen molar-refractivity contribution >= 4 is 55.8 Å². The summed E-state index contributed by atoms with van der Waals surface area (Å²) in [4.78, 5) is 45.5. The van der Waals surface area contributed by atoms with Crippen LogP contribution in [0.1, 0.15) is 45.0 Å². The van der Waals surface area contributed by atoms with E-state index in [1.165, 1.54) is 25.3 Å². The van der Waals surface area contributed by atoms with Crippen LogP contribution in [-0.2, 0) is 20.7 Å². The lowest BCUT2D eigenvalue weighted by Crippen LogP contribution is -2.29. The number of rotatable bonds is 7. The highest BCUT2D eigenvalue weighted by Crippen LogP contribution is 2.47. The molecule has 2 N–H and O–H groups in total. The molecule has 212 valence electrons. The fourth-order valence-corrected chi connectivity index (χ4v) is 6.30. The molecular weight excluding hydrogens is 616 g/mol. The van der Waals surface area contributed by atoms with Crippen molar-refractivity contribution in [3.63, 3.8) is 0 Å². The van der Waals surface area contributed by atoms with Crippen molar-refractivity contribution in [2.24, 2.45) is 0 Å². The van der Waals surface area contributed by atoms with E-state index in [9.17, 15) is 24.6 Å². The molecule has 2 atom stereocenters. The van der Waals surface area contributed by atoms with Crippen LogP contribution < -0.4 is 14.4 Å². The van der Waals surface area contributed by atoms with Gasteiger partial charge in [0.1, 0.15) is 29.1 Å². The third kappa shape index (κ3) is 4.97. The maximum absolute atomic E-state index is 13.6. The summed E-state index contributed by atoms with van der Waals surface area (Å²) in [7, 11) is 1.36. The average molecular weight is 641 g/mol. The number of ketones is 1. The zero-order valence-corrected chi connectivity index (χ0v) is 24.7. The maximum atomic E-state index is 13.6. The number of anilines is 1. The number of ether oxygens (including phenoxy) is 3. The Balaban J connectivity index is 1.70. The van der Waals surface area contributed by atoms with Crippen LogP contribution in [0.15, 0.2) is 53.0 Å². The van der Waals surface area contributed by atoms with Crippen LogP contribution in [0.5, 0.6) is 17.2 Å². The summed E-state index contributed by atoms with van der Waals surface area (Å²) in [5.74, 6) is -2.34. The second-order valence-corrected chi connectivity index (χ2v) is 11.3. The predicted octanol–water partition coefficient (Wildman–Crippen LogP) is 5.22. The molecule has 5 rings (SSSR count). The quantitative estimate of drug-likeness (QED) is 0.117. The number of aliphatic hydroxyl groups is 1. The van der Waals surface area contributed by atoms with Crippen LogP contribution in [-0.4, -0.2) is 52.7 Å². The number of aromatic nitrogens is 1. The Hall–Kier alpha value is -4.16. The number of hydrogen-bond donors (Lipinski definition) is 2. The van der Waals surface area contributed by atoms with Crippen LogP contribution >= 0.6 is 27.3 Å². The van der Waals surface area contributed by atoms with E-state index in [4.69, 9.17) is 14.2 Å². The van der Waals surface area contributed by atoms with E-state index in [2.05, 4.69) is 27.5 Å². The SMILES string of the molecule is C=CCOC(=O)c1sc(N2C(=O)C(=O)C(=C(O)c3ccc4c(c3)C[C@@H](C)O4)[C@@H]2c2cc(Br)c(O)c(OC)c2)nc1C. The Kier molecular flexibility index (Phi) is 7.62. The van der Waals surface area contributed by atoms with E-state index in [0.717, 1.165) is 21.8 Å². The molecule has 0 radical (unpaired) electrons. The number of methoxy groups -OCH3 is 1. The van der Waals surface area contributed by atoms with Crippen LogP contribution in [0, 0.1) is 6.92 Å². The minimum absolute atomic E-state index is 0.0120. The molecule has 0 saturated carbocycles. The zero-order chi connectivity index (χ0) is 29.6. The van der Waals surface area contributed by atoms with Gasteiger partial charge in [0.05, 0.1) is 28.9 Å². The number of esters is 1. The third-order valence-corrected chi connectivity index (χ3v) is 8.45. The minimum Gasteiger partial charge on any atom is -0.507 e. The van der Waals surface area contributed by atoms with Gasteiger partial charge in [-0.3, -0.25) is 14.5 Å². The lowest BCUT2D eigenvalue weighted by atomic mass is 9.94. The molecule has 0 unspecified atom stereocenters. The molecule has 1 aromatic heterocycles. The highest BCUT2D eigenvalue weighted by molar-refractivity contribution is 9.10. The first kappa shape index (κ1) is 28.4. The van der Waals surface area contributed by atoms with Crippen molar-refractivity contribution < 1.29 is 38.8 Å². The molecule has 3 aromatic rings. The van der Waals surface area contributed by atoms with E-state index in [1.807, 2.05) is 6.92 Å². The summed E-state index contributed by atoms with van der Waals surface area (Å²) >= 11 is 4.18. The largest absolute Gasteiger partial charge is 0.507 e. The Labute approximate surface area is 247 Å². The molecule has 41 heavy (non-hydrogen) atoms. The molecule has 1 fully saturated rings. The van der Waals surface area contributed by atoms with Gasteiger partial charge in [0.25, 0.3) is 5.78 Å². The molecule has 10 nitrogen and oxygen atoms in total. The van der Waals surface area contributed by atoms with Gasteiger partial charge in [0, 0.05) is 12.0 Å². The highest BCUT2D eigenvalue weighted by atomic mass is 79.9. The molecule has 2 aromatic carbocycles. The summed E-state index contributed by atoms with van der Waals surface area (Å²) in [6, 6.07) is 6.87. The smallest absolute Gasteiger partial charge is 0.350 e. The summed E-state index contributed by atoms with van der Waals surface area (Å²) in [5.41, 5.74) is 1.65. The predicted molar refractivity (Wildman–Crippen MR) is 155 cm³/mol. The molecule has 3 heterocycles. The van der Waals surface area contributed by atoms with Crippen molar-refractivity contribution in [2.45, 2.75) is 32.4 Å². The number of Topliss-reactive ketones (excluding diaryl/α,β-unsaturated/α-hetero) is 1. The van der Waals surface area contributed by atoms with E-state index in [0.29, 0.717) is 29.0 Å². The average Bonchev–Trinajstić information content (AvgIpc) is 3.60. The van der Waals surface area contributed by atoms with E-state index < -0.39 is 23.7 Å². The Bertz CT molecular complexity index is 1650.